The number of amides is 1. The molecule has 20 heavy (non-hydrogen) atoms. The number of fused-ring (bicyclic) bond motifs is 1. The van der Waals surface area contributed by atoms with E-state index in [1.54, 1.807) is 13.2 Å². The minimum atomic E-state index is 0.00861. The van der Waals surface area contributed by atoms with Gasteiger partial charge in [-0.3, -0.25) is 4.79 Å². The van der Waals surface area contributed by atoms with E-state index in [9.17, 15) is 4.79 Å². The predicted octanol–water partition coefficient (Wildman–Crippen LogP) is 1.63. The fourth-order valence-corrected chi connectivity index (χ4v) is 2.58. The predicted molar refractivity (Wildman–Crippen MR) is 74.6 cm³/mol. The number of nitrogens with zero attached hydrogens (tertiary/aromatic N) is 3. The Labute approximate surface area is 117 Å². The number of aryl methyl sites for hydroxylation is 1. The van der Waals surface area contributed by atoms with Crippen LogP contribution in [0.15, 0.2) is 30.6 Å². The van der Waals surface area contributed by atoms with Crippen LogP contribution in [0.1, 0.15) is 21.7 Å². The van der Waals surface area contributed by atoms with Crippen molar-refractivity contribution >= 4 is 5.91 Å². The molecule has 5 heteroatoms. The highest BCUT2D eigenvalue weighted by Crippen LogP contribution is 2.23. The Morgan fingerprint density at radius 3 is 2.95 bits per heavy atom. The van der Waals surface area contributed by atoms with E-state index in [2.05, 4.69) is 4.98 Å². The van der Waals surface area contributed by atoms with Crippen molar-refractivity contribution in [3.63, 3.8) is 0 Å². The molecule has 0 spiro atoms. The highest BCUT2D eigenvalue weighted by Gasteiger charge is 2.25. The molecule has 0 N–H and O–H groups in total. The first-order valence-electron chi connectivity index (χ1n) is 6.62. The molecule has 0 saturated carbocycles. The molecule has 0 atom stereocenters. The summed E-state index contributed by atoms with van der Waals surface area (Å²) in [5.74, 6) is 0.627. The molecule has 0 fully saturated rings. The zero-order valence-corrected chi connectivity index (χ0v) is 11.7. The van der Waals surface area contributed by atoms with Gasteiger partial charge in [0.05, 0.1) is 36.9 Å². The summed E-state index contributed by atoms with van der Waals surface area (Å²) in [4.78, 5) is 18.8. The highest BCUT2D eigenvalue weighted by molar-refractivity contribution is 5.97. The molecule has 1 aromatic heterocycles. The van der Waals surface area contributed by atoms with Crippen molar-refractivity contribution in [3.05, 3.63) is 47.5 Å². The van der Waals surface area contributed by atoms with Gasteiger partial charge in [0.15, 0.2) is 0 Å². The highest BCUT2D eigenvalue weighted by atomic mass is 16.5. The molecule has 2 heterocycles. The molecule has 0 unspecified atom stereocenters. The Balaban J connectivity index is 1.87. The Bertz CT molecular complexity index is 648. The molecular weight excluding hydrogens is 254 g/mol. The van der Waals surface area contributed by atoms with Gasteiger partial charge < -0.3 is 14.2 Å². The molecule has 0 saturated heterocycles. The Hall–Kier alpha value is -2.30. The van der Waals surface area contributed by atoms with E-state index in [1.807, 2.05) is 41.0 Å². The van der Waals surface area contributed by atoms with E-state index < -0.39 is 0 Å². The minimum Gasteiger partial charge on any atom is -0.496 e. The third-order valence-corrected chi connectivity index (χ3v) is 3.73. The summed E-state index contributed by atoms with van der Waals surface area (Å²) in [5.41, 5.74) is 2.82. The summed E-state index contributed by atoms with van der Waals surface area (Å²) in [6.07, 6.45) is 2.61. The van der Waals surface area contributed by atoms with Crippen LogP contribution in [-0.2, 0) is 20.0 Å². The van der Waals surface area contributed by atoms with Crippen LogP contribution >= 0.6 is 0 Å². The van der Waals surface area contributed by atoms with E-state index in [-0.39, 0.29) is 5.91 Å². The molecule has 1 aliphatic heterocycles. The van der Waals surface area contributed by atoms with Crippen LogP contribution in [0.4, 0.5) is 0 Å². The van der Waals surface area contributed by atoms with Crippen LogP contribution in [0.5, 0.6) is 5.75 Å². The molecule has 104 valence electrons. The number of carbonyl (C=O) groups excluding carboxylic acids is 1. The monoisotopic (exact) mass is 271 g/mol. The molecule has 1 aromatic carbocycles. The Morgan fingerprint density at radius 2 is 2.15 bits per heavy atom. The van der Waals surface area contributed by atoms with Crippen molar-refractivity contribution in [2.45, 2.75) is 13.0 Å². The Morgan fingerprint density at radius 1 is 1.35 bits per heavy atom. The van der Waals surface area contributed by atoms with E-state index >= 15 is 0 Å². The molecule has 0 aliphatic carbocycles. The number of hydrogen-bond acceptors (Lipinski definition) is 3. The topological polar surface area (TPSA) is 47.4 Å². The normalized spacial score (nSPS) is 14.0. The molecule has 5 nitrogen and oxygen atoms in total. The van der Waals surface area contributed by atoms with Gasteiger partial charge in [0, 0.05) is 20.0 Å². The lowest BCUT2D eigenvalue weighted by molar-refractivity contribution is 0.0726. The van der Waals surface area contributed by atoms with Gasteiger partial charge >= 0.3 is 0 Å². The summed E-state index contributed by atoms with van der Waals surface area (Å²) >= 11 is 0. The van der Waals surface area contributed by atoms with Gasteiger partial charge in [-0.15, -0.1) is 0 Å². The second-order valence-electron chi connectivity index (χ2n) is 4.93. The lowest BCUT2D eigenvalue weighted by Crippen LogP contribution is -2.36. The number of benzene rings is 1. The lowest BCUT2D eigenvalue weighted by atomic mass is 10.1. The number of hydrogen-bond donors (Lipinski definition) is 0. The van der Waals surface area contributed by atoms with Crippen LogP contribution in [0.2, 0.25) is 0 Å². The number of methoxy groups -OCH3 is 1. The summed E-state index contributed by atoms with van der Waals surface area (Å²) in [5, 5.41) is 0. The van der Waals surface area contributed by atoms with Gasteiger partial charge in [-0.2, -0.15) is 0 Å². The zero-order chi connectivity index (χ0) is 14.1. The quantitative estimate of drug-likeness (QED) is 0.834. The smallest absolute Gasteiger partial charge is 0.257 e. The number of imidazole rings is 1. The second-order valence-corrected chi connectivity index (χ2v) is 4.93. The minimum absolute atomic E-state index is 0.00861. The largest absolute Gasteiger partial charge is 0.496 e. The maximum atomic E-state index is 12.6. The summed E-state index contributed by atoms with van der Waals surface area (Å²) in [6, 6.07) is 7.34. The summed E-state index contributed by atoms with van der Waals surface area (Å²) < 4.78 is 7.25. The first-order chi connectivity index (χ1) is 9.70. The molecule has 0 radical (unpaired) electrons. The van der Waals surface area contributed by atoms with Crippen molar-refractivity contribution in [3.8, 4) is 5.75 Å². The molecule has 1 amide bonds. The van der Waals surface area contributed by atoms with Crippen molar-refractivity contribution < 1.29 is 9.53 Å². The zero-order valence-electron chi connectivity index (χ0n) is 11.7. The van der Waals surface area contributed by atoms with Crippen molar-refractivity contribution in [1.82, 2.24) is 14.5 Å². The first kappa shape index (κ1) is 12.7. The molecule has 1 aliphatic rings. The molecule has 3 rings (SSSR count). The number of carbonyl (C=O) groups is 1. The number of aromatic nitrogens is 2. The second kappa shape index (κ2) is 5.00. The summed E-state index contributed by atoms with van der Waals surface area (Å²) in [6.45, 7) is 1.30. The van der Waals surface area contributed by atoms with Gasteiger partial charge in [-0.05, 0) is 12.1 Å². The maximum absolute atomic E-state index is 12.6. The van der Waals surface area contributed by atoms with Gasteiger partial charge in [0.2, 0.25) is 0 Å². The molecule has 0 bridgehead atoms. The van der Waals surface area contributed by atoms with Crippen LogP contribution < -0.4 is 4.74 Å². The summed E-state index contributed by atoms with van der Waals surface area (Å²) in [7, 11) is 3.55. The van der Waals surface area contributed by atoms with Crippen molar-refractivity contribution in [2.75, 3.05) is 13.7 Å². The van der Waals surface area contributed by atoms with Crippen molar-refractivity contribution in [1.29, 1.82) is 0 Å². The molecule has 2 aromatic rings. The first-order valence-corrected chi connectivity index (χ1v) is 6.62. The van der Waals surface area contributed by atoms with Gasteiger partial charge in [0.25, 0.3) is 5.91 Å². The number of rotatable bonds is 2. The van der Waals surface area contributed by atoms with E-state index in [0.717, 1.165) is 17.8 Å². The SMILES string of the molecule is COc1ccccc1C(=O)N1CCc2ncn(C)c2C1. The third-order valence-electron chi connectivity index (χ3n) is 3.73. The fourth-order valence-electron chi connectivity index (χ4n) is 2.58. The molecular formula is C15H17N3O2. The number of para-hydroxylation sites is 1. The standard InChI is InChI=1S/C15H17N3O2/c1-17-10-16-12-7-8-18(9-13(12)17)15(19)11-5-3-4-6-14(11)20-2/h3-6,10H,7-9H2,1-2H3. The van der Waals surface area contributed by atoms with E-state index in [1.165, 1.54) is 0 Å². The lowest BCUT2D eigenvalue weighted by Gasteiger charge is -2.27. The van der Waals surface area contributed by atoms with Crippen LogP contribution in [0.25, 0.3) is 0 Å². The fraction of sp³-hybridized carbons (Fsp3) is 0.333. The van der Waals surface area contributed by atoms with E-state index in [4.69, 9.17) is 4.74 Å². The number of ether oxygens (including phenoxy) is 1. The van der Waals surface area contributed by atoms with Gasteiger partial charge in [-0.1, -0.05) is 12.1 Å². The van der Waals surface area contributed by atoms with Crippen LogP contribution in [0.3, 0.4) is 0 Å². The van der Waals surface area contributed by atoms with Gasteiger partial charge in [-0.25, -0.2) is 4.98 Å². The average Bonchev–Trinajstić information content (AvgIpc) is 2.87. The average molecular weight is 271 g/mol. The Kier molecular flexibility index (Phi) is 3.18. The van der Waals surface area contributed by atoms with Gasteiger partial charge in [0.1, 0.15) is 5.75 Å². The maximum Gasteiger partial charge on any atom is 0.257 e. The van der Waals surface area contributed by atoms with E-state index in [0.29, 0.717) is 24.4 Å². The van der Waals surface area contributed by atoms with Crippen molar-refractivity contribution in [2.24, 2.45) is 7.05 Å². The third kappa shape index (κ3) is 2.05. The van der Waals surface area contributed by atoms with Crippen LogP contribution in [0, 0.1) is 0 Å². The van der Waals surface area contributed by atoms with Crippen LogP contribution in [-0.4, -0.2) is 34.0 Å².